The van der Waals surface area contributed by atoms with Gasteiger partial charge in [0.2, 0.25) is 0 Å². The van der Waals surface area contributed by atoms with Crippen molar-refractivity contribution in [3.05, 3.63) is 52.3 Å². The van der Waals surface area contributed by atoms with Crippen molar-refractivity contribution in [2.45, 2.75) is 13.5 Å². The first-order valence-electron chi connectivity index (χ1n) is 5.64. The molecule has 0 saturated heterocycles. The lowest BCUT2D eigenvalue weighted by atomic mass is 10.2. The second-order valence-corrected chi connectivity index (χ2v) is 4.79. The van der Waals surface area contributed by atoms with Crippen LogP contribution in [0.5, 0.6) is 0 Å². The number of aryl methyl sites for hydroxylation is 1. The summed E-state index contributed by atoms with van der Waals surface area (Å²) in [4.78, 5) is 12.0. The van der Waals surface area contributed by atoms with E-state index in [2.05, 4.69) is 21.2 Å². The molecule has 1 aromatic heterocycles. The average molecular weight is 329 g/mol. The van der Waals surface area contributed by atoms with Crippen LogP contribution in [-0.4, -0.2) is 10.5 Å². The number of carbonyl (C=O) groups excluding carboxylic acids is 1. The largest absolute Gasteiger partial charge is 0.344 e. The molecule has 1 N–H and O–H groups in total. The van der Waals surface area contributed by atoms with Gasteiger partial charge in [-0.05, 0) is 31.2 Å². The zero-order valence-corrected chi connectivity index (χ0v) is 11.7. The summed E-state index contributed by atoms with van der Waals surface area (Å²) >= 11 is 2.98. The summed E-state index contributed by atoms with van der Waals surface area (Å²) < 4.78 is 29.2. The molecule has 19 heavy (non-hydrogen) atoms. The number of nitrogens with one attached hydrogen (secondary N) is 1. The number of rotatable bonds is 3. The zero-order valence-electron chi connectivity index (χ0n) is 10.1. The molecule has 0 saturated carbocycles. The van der Waals surface area contributed by atoms with E-state index in [0.29, 0.717) is 12.2 Å². The highest BCUT2D eigenvalue weighted by molar-refractivity contribution is 9.10. The normalized spacial score (nSPS) is 10.5. The second-order valence-electron chi connectivity index (χ2n) is 3.88. The lowest BCUT2D eigenvalue weighted by Gasteiger charge is -2.09. The van der Waals surface area contributed by atoms with Gasteiger partial charge in [0.15, 0.2) is 11.6 Å². The minimum atomic E-state index is -0.824. The summed E-state index contributed by atoms with van der Waals surface area (Å²) in [5, 5.41) is 2.25. The topological polar surface area (TPSA) is 34.0 Å². The fraction of sp³-hybridized carbons (Fsp3) is 0.154. The van der Waals surface area contributed by atoms with Gasteiger partial charge in [-0.1, -0.05) is 15.9 Å². The Kier molecular flexibility index (Phi) is 3.99. The first-order chi connectivity index (χ1) is 9.02. The molecule has 0 bridgehead atoms. The molecule has 100 valence electrons. The summed E-state index contributed by atoms with van der Waals surface area (Å²) in [6, 6.07) is 5.48. The second kappa shape index (κ2) is 5.52. The molecule has 1 heterocycles. The van der Waals surface area contributed by atoms with Gasteiger partial charge in [-0.15, -0.1) is 0 Å². The zero-order chi connectivity index (χ0) is 14.0. The van der Waals surface area contributed by atoms with Gasteiger partial charge in [-0.2, -0.15) is 0 Å². The summed E-state index contributed by atoms with van der Waals surface area (Å²) in [5.41, 5.74) is -0.0960. The van der Waals surface area contributed by atoms with Crippen molar-refractivity contribution in [1.82, 2.24) is 4.57 Å². The third-order valence-electron chi connectivity index (χ3n) is 2.65. The molecule has 6 heteroatoms. The molecule has 0 atom stereocenters. The Balaban J connectivity index is 2.29. The van der Waals surface area contributed by atoms with Gasteiger partial charge in [-0.25, -0.2) is 8.78 Å². The van der Waals surface area contributed by atoms with E-state index in [9.17, 15) is 13.6 Å². The van der Waals surface area contributed by atoms with Crippen LogP contribution >= 0.6 is 15.9 Å². The Morgan fingerprint density at radius 1 is 1.37 bits per heavy atom. The van der Waals surface area contributed by atoms with E-state index in [1.165, 1.54) is 0 Å². The third-order valence-corrected chi connectivity index (χ3v) is 3.11. The Bertz CT molecular complexity index is 602. The molecule has 0 radical (unpaired) electrons. The minimum absolute atomic E-state index is 0.275. The van der Waals surface area contributed by atoms with E-state index in [-0.39, 0.29) is 4.47 Å². The maximum absolute atomic E-state index is 13.6. The SMILES string of the molecule is CCn1cccc1C(=O)Nc1c(F)cc(Br)cc1F. The molecule has 0 aliphatic carbocycles. The number of anilines is 1. The van der Waals surface area contributed by atoms with Gasteiger partial charge in [0, 0.05) is 17.2 Å². The number of aromatic nitrogens is 1. The van der Waals surface area contributed by atoms with Crippen molar-refractivity contribution in [3.8, 4) is 0 Å². The monoisotopic (exact) mass is 328 g/mol. The number of halogens is 3. The van der Waals surface area contributed by atoms with Gasteiger partial charge in [0.25, 0.3) is 5.91 Å². The van der Waals surface area contributed by atoms with Gasteiger partial charge in [0.1, 0.15) is 11.4 Å². The highest BCUT2D eigenvalue weighted by atomic mass is 79.9. The summed E-state index contributed by atoms with van der Waals surface area (Å²) in [7, 11) is 0. The molecule has 0 spiro atoms. The number of benzene rings is 1. The van der Waals surface area contributed by atoms with Gasteiger partial charge in [-0.3, -0.25) is 4.79 Å². The summed E-state index contributed by atoms with van der Waals surface area (Å²) in [6.07, 6.45) is 1.73. The van der Waals surface area contributed by atoms with Crippen LogP contribution in [0.15, 0.2) is 34.9 Å². The predicted octanol–water partition coefficient (Wildman–Crippen LogP) is 3.80. The molecule has 1 aromatic carbocycles. The van der Waals surface area contributed by atoms with Crippen molar-refractivity contribution < 1.29 is 13.6 Å². The number of nitrogens with zero attached hydrogens (tertiary/aromatic N) is 1. The number of hydrogen-bond acceptors (Lipinski definition) is 1. The maximum atomic E-state index is 13.6. The van der Waals surface area contributed by atoms with E-state index >= 15 is 0 Å². The van der Waals surface area contributed by atoms with Crippen LogP contribution in [-0.2, 0) is 6.54 Å². The number of amides is 1. The standard InChI is InChI=1S/C13H11BrF2N2O/c1-2-18-5-3-4-11(18)13(19)17-12-9(15)6-8(14)7-10(12)16/h3-7H,2H2,1H3,(H,17,19). The molecule has 0 unspecified atom stereocenters. The highest BCUT2D eigenvalue weighted by Gasteiger charge is 2.16. The van der Waals surface area contributed by atoms with E-state index in [1.54, 1.807) is 22.9 Å². The fourth-order valence-electron chi connectivity index (χ4n) is 1.74. The Morgan fingerprint density at radius 3 is 2.58 bits per heavy atom. The molecule has 2 aromatic rings. The quantitative estimate of drug-likeness (QED) is 0.913. The van der Waals surface area contributed by atoms with Gasteiger partial charge >= 0.3 is 0 Å². The van der Waals surface area contributed by atoms with Crippen LogP contribution in [0.2, 0.25) is 0 Å². The summed E-state index contributed by atoms with van der Waals surface area (Å²) in [6.45, 7) is 2.47. The highest BCUT2D eigenvalue weighted by Crippen LogP contribution is 2.24. The van der Waals surface area contributed by atoms with Crippen LogP contribution < -0.4 is 5.32 Å². The van der Waals surface area contributed by atoms with E-state index in [1.807, 2.05) is 6.92 Å². The first kappa shape index (κ1) is 13.7. The molecule has 3 nitrogen and oxygen atoms in total. The number of hydrogen-bond donors (Lipinski definition) is 1. The first-order valence-corrected chi connectivity index (χ1v) is 6.43. The van der Waals surface area contributed by atoms with Crippen LogP contribution in [0.25, 0.3) is 0 Å². The van der Waals surface area contributed by atoms with E-state index < -0.39 is 23.2 Å². The molecule has 1 amide bonds. The van der Waals surface area contributed by atoms with Crippen LogP contribution in [0, 0.1) is 11.6 Å². The number of carbonyl (C=O) groups is 1. The van der Waals surface area contributed by atoms with E-state index in [4.69, 9.17) is 0 Å². The molecule has 0 aliphatic rings. The fourth-order valence-corrected chi connectivity index (χ4v) is 2.14. The lowest BCUT2D eigenvalue weighted by molar-refractivity contribution is 0.101. The summed E-state index contributed by atoms with van der Waals surface area (Å²) in [5.74, 6) is -2.20. The van der Waals surface area contributed by atoms with Crippen molar-refractivity contribution in [1.29, 1.82) is 0 Å². The van der Waals surface area contributed by atoms with E-state index in [0.717, 1.165) is 12.1 Å². The smallest absolute Gasteiger partial charge is 0.272 e. The molecular formula is C13H11BrF2N2O. The van der Waals surface area contributed by atoms with Crippen molar-refractivity contribution in [3.63, 3.8) is 0 Å². The van der Waals surface area contributed by atoms with Crippen LogP contribution in [0.1, 0.15) is 17.4 Å². The van der Waals surface area contributed by atoms with Crippen LogP contribution in [0.4, 0.5) is 14.5 Å². The minimum Gasteiger partial charge on any atom is -0.344 e. The molecule has 0 fully saturated rings. The van der Waals surface area contributed by atoms with Crippen molar-refractivity contribution in [2.24, 2.45) is 0 Å². The molecule has 0 aliphatic heterocycles. The maximum Gasteiger partial charge on any atom is 0.272 e. The Labute approximate surface area is 117 Å². The molecular weight excluding hydrogens is 318 g/mol. The van der Waals surface area contributed by atoms with Gasteiger partial charge in [0.05, 0.1) is 0 Å². The lowest BCUT2D eigenvalue weighted by Crippen LogP contribution is -2.18. The van der Waals surface area contributed by atoms with Gasteiger partial charge < -0.3 is 9.88 Å². The average Bonchev–Trinajstić information content (AvgIpc) is 2.81. The predicted molar refractivity (Wildman–Crippen MR) is 72.1 cm³/mol. The van der Waals surface area contributed by atoms with Crippen molar-refractivity contribution >= 4 is 27.5 Å². The molecule has 2 rings (SSSR count). The Hall–Kier alpha value is -1.69. The van der Waals surface area contributed by atoms with Crippen molar-refractivity contribution in [2.75, 3.05) is 5.32 Å². The Morgan fingerprint density at radius 2 is 2.00 bits per heavy atom. The van der Waals surface area contributed by atoms with Crippen LogP contribution in [0.3, 0.4) is 0 Å². The third kappa shape index (κ3) is 2.84.